The van der Waals surface area contributed by atoms with Gasteiger partial charge in [0.15, 0.2) is 0 Å². The van der Waals surface area contributed by atoms with E-state index in [4.69, 9.17) is 4.42 Å². The number of rotatable bonds is 6. The second kappa shape index (κ2) is 7.40. The molecule has 1 amide bonds. The number of piperidine rings is 1. The van der Waals surface area contributed by atoms with E-state index in [1.165, 1.54) is 0 Å². The van der Waals surface area contributed by atoms with Gasteiger partial charge in [0, 0.05) is 20.1 Å². The van der Waals surface area contributed by atoms with E-state index in [0.29, 0.717) is 18.5 Å². The average molecular weight is 295 g/mol. The van der Waals surface area contributed by atoms with Gasteiger partial charge in [0.05, 0.1) is 12.0 Å². The lowest BCUT2D eigenvalue weighted by Crippen LogP contribution is -2.42. The molecule has 2 atom stereocenters. The molecule has 7 nitrogen and oxygen atoms in total. The molecule has 1 saturated heterocycles. The van der Waals surface area contributed by atoms with Crippen LogP contribution in [0.3, 0.4) is 0 Å². The van der Waals surface area contributed by atoms with Crippen LogP contribution < -0.4 is 15.5 Å². The maximum atomic E-state index is 11.8. The third-order valence-corrected chi connectivity index (χ3v) is 3.81. The van der Waals surface area contributed by atoms with Gasteiger partial charge < -0.3 is 20.0 Å². The first-order valence-electron chi connectivity index (χ1n) is 7.69. The maximum absolute atomic E-state index is 11.8. The molecule has 2 unspecified atom stereocenters. The highest BCUT2D eigenvalue weighted by Crippen LogP contribution is 2.23. The van der Waals surface area contributed by atoms with Crippen LogP contribution in [-0.4, -0.2) is 42.8 Å². The summed E-state index contributed by atoms with van der Waals surface area (Å²) in [4.78, 5) is 13.8. The first kappa shape index (κ1) is 15.8. The number of anilines is 1. The van der Waals surface area contributed by atoms with Crippen molar-refractivity contribution in [1.29, 1.82) is 0 Å². The summed E-state index contributed by atoms with van der Waals surface area (Å²) in [7, 11) is 1.67. The van der Waals surface area contributed by atoms with Crippen molar-refractivity contribution in [1.82, 2.24) is 20.8 Å². The fourth-order valence-electron chi connectivity index (χ4n) is 2.55. The van der Waals surface area contributed by atoms with Gasteiger partial charge in [-0.1, -0.05) is 12.0 Å². The number of carbonyl (C=O) groups is 1. The molecular weight excluding hydrogens is 270 g/mol. The molecule has 2 rings (SSSR count). The molecule has 0 aromatic carbocycles. The molecule has 7 heteroatoms. The average Bonchev–Trinajstić information content (AvgIpc) is 3.02. The maximum Gasteiger partial charge on any atom is 0.318 e. The second-order valence-corrected chi connectivity index (χ2v) is 5.50. The third-order valence-electron chi connectivity index (χ3n) is 3.81. The Bertz CT molecular complexity index is 462. The Kier molecular flexibility index (Phi) is 5.55. The van der Waals surface area contributed by atoms with Crippen LogP contribution in [0.25, 0.3) is 0 Å². The van der Waals surface area contributed by atoms with Gasteiger partial charge in [-0.2, -0.15) is 0 Å². The van der Waals surface area contributed by atoms with Crippen LogP contribution in [0.4, 0.5) is 6.01 Å². The Morgan fingerprint density at radius 2 is 2.33 bits per heavy atom. The van der Waals surface area contributed by atoms with Gasteiger partial charge in [-0.3, -0.25) is 4.79 Å². The quantitative estimate of drug-likeness (QED) is 0.817. The Morgan fingerprint density at radius 3 is 3.05 bits per heavy atom. The lowest BCUT2D eigenvalue weighted by molar-refractivity contribution is -0.124. The molecule has 1 fully saturated rings. The van der Waals surface area contributed by atoms with Crippen molar-refractivity contribution in [2.45, 2.75) is 39.2 Å². The van der Waals surface area contributed by atoms with Crippen LogP contribution in [0.1, 0.15) is 45.0 Å². The molecule has 0 radical (unpaired) electrons. The van der Waals surface area contributed by atoms with Gasteiger partial charge in [-0.15, -0.1) is 5.10 Å². The molecule has 0 aliphatic carbocycles. The van der Waals surface area contributed by atoms with E-state index in [0.717, 1.165) is 32.4 Å². The smallest absolute Gasteiger partial charge is 0.318 e. The first-order chi connectivity index (χ1) is 10.2. The van der Waals surface area contributed by atoms with E-state index in [9.17, 15) is 4.79 Å². The molecule has 118 valence electrons. The highest BCUT2D eigenvalue weighted by molar-refractivity contribution is 5.79. The number of carbonyl (C=O) groups excluding carboxylic acids is 1. The second-order valence-electron chi connectivity index (χ2n) is 5.50. The van der Waals surface area contributed by atoms with E-state index in [-0.39, 0.29) is 17.9 Å². The Morgan fingerprint density at radius 1 is 1.52 bits per heavy atom. The van der Waals surface area contributed by atoms with Gasteiger partial charge in [0.2, 0.25) is 11.8 Å². The number of nitrogens with zero attached hydrogens (tertiary/aromatic N) is 3. The predicted molar refractivity (Wildman–Crippen MR) is 80.0 cm³/mol. The molecule has 1 aliphatic rings. The molecule has 0 bridgehead atoms. The molecule has 0 saturated carbocycles. The zero-order valence-electron chi connectivity index (χ0n) is 13.1. The monoisotopic (exact) mass is 295 g/mol. The summed E-state index contributed by atoms with van der Waals surface area (Å²) >= 11 is 0. The van der Waals surface area contributed by atoms with Crippen LogP contribution in [0.5, 0.6) is 0 Å². The van der Waals surface area contributed by atoms with Crippen molar-refractivity contribution in [2.24, 2.45) is 5.92 Å². The molecule has 1 aromatic heterocycles. The summed E-state index contributed by atoms with van der Waals surface area (Å²) in [6, 6.07) is 0.564. The summed E-state index contributed by atoms with van der Waals surface area (Å²) in [5, 5.41) is 14.3. The molecule has 2 N–H and O–H groups in total. The van der Waals surface area contributed by atoms with Crippen LogP contribution in [0.2, 0.25) is 0 Å². The van der Waals surface area contributed by atoms with Crippen molar-refractivity contribution >= 4 is 11.9 Å². The van der Waals surface area contributed by atoms with Gasteiger partial charge >= 0.3 is 6.01 Å². The van der Waals surface area contributed by atoms with E-state index in [2.05, 4.69) is 27.8 Å². The Labute approximate surface area is 125 Å². The van der Waals surface area contributed by atoms with Crippen LogP contribution in [0, 0.1) is 5.92 Å². The lowest BCUT2D eigenvalue weighted by atomic mass is 9.97. The molecule has 2 heterocycles. The molecular formula is C14H25N5O2. The highest BCUT2D eigenvalue weighted by atomic mass is 16.4. The molecule has 0 spiro atoms. The summed E-state index contributed by atoms with van der Waals surface area (Å²) in [5.74, 6) is 0.674. The molecule has 21 heavy (non-hydrogen) atoms. The number of hydrogen-bond donors (Lipinski definition) is 2. The predicted octanol–water partition coefficient (Wildman–Crippen LogP) is 1.09. The fourth-order valence-corrected chi connectivity index (χ4v) is 2.55. The summed E-state index contributed by atoms with van der Waals surface area (Å²) in [6.07, 6.45) is 2.93. The molecule has 1 aliphatic heterocycles. The van der Waals surface area contributed by atoms with Gasteiger partial charge in [0.25, 0.3) is 0 Å². The van der Waals surface area contributed by atoms with Crippen molar-refractivity contribution in [3.8, 4) is 0 Å². The van der Waals surface area contributed by atoms with Crippen molar-refractivity contribution < 1.29 is 9.21 Å². The minimum absolute atomic E-state index is 0.00487. The van der Waals surface area contributed by atoms with Gasteiger partial charge in [-0.25, -0.2) is 0 Å². The summed E-state index contributed by atoms with van der Waals surface area (Å²) < 4.78 is 5.75. The van der Waals surface area contributed by atoms with Crippen LogP contribution >= 0.6 is 0 Å². The molecule has 1 aromatic rings. The Balaban J connectivity index is 1.98. The third kappa shape index (κ3) is 3.93. The first-order valence-corrected chi connectivity index (χ1v) is 7.69. The summed E-state index contributed by atoms with van der Waals surface area (Å²) in [6.45, 7) is 6.54. The normalized spacial score (nSPS) is 20.3. The lowest BCUT2D eigenvalue weighted by Gasteiger charge is -2.30. The minimum atomic E-state index is -0.00487. The zero-order chi connectivity index (χ0) is 15.2. The van der Waals surface area contributed by atoms with E-state index >= 15 is 0 Å². The number of nitrogens with one attached hydrogen (secondary N) is 2. The van der Waals surface area contributed by atoms with Crippen molar-refractivity contribution in [3.63, 3.8) is 0 Å². The highest BCUT2D eigenvalue weighted by Gasteiger charge is 2.28. The minimum Gasteiger partial charge on any atom is -0.406 e. The number of hydrogen-bond acceptors (Lipinski definition) is 6. The van der Waals surface area contributed by atoms with E-state index in [1.807, 2.05) is 11.8 Å². The summed E-state index contributed by atoms with van der Waals surface area (Å²) in [5.41, 5.74) is 0. The largest absolute Gasteiger partial charge is 0.406 e. The SMILES string of the molecule is CCCNC(C)c1nnc(N2CCCC(C(=O)NC)C2)o1. The number of amides is 1. The number of aromatic nitrogens is 2. The van der Waals surface area contributed by atoms with E-state index in [1.54, 1.807) is 7.05 Å². The van der Waals surface area contributed by atoms with Crippen LogP contribution in [0.15, 0.2) is 4.42 Å². The topological polar surface area (TPSA) is 83.3 Å². The van der Waals surface area contributed by atoms with Gasteiger partial charge in [0.1, 0.15) is 0 Å². The zero-order valence-corrected chi connectivity index (χ0v) is 13.1. The van der Waals surface area contributed by atoms with Crippen molar-refractivity contribution in [2.75, 3.05) is 31.6 Å². The standard InChI is InChI=1S/C14H25N5O2/c1-4-7-16-10(2)13-17-18-14(21-13)19-8-5-6-11(9-19)12(20)15-3/h10-11,16H,4-9H2,1-3H3,(H,15,20). The van der Waals surface area contributed by atoms with E-state index < -0.39 is 0 Å². The van der Waals surface area contributed by atoms with Crippen molar-refractivity contribution in [3.05, 3.63) is 5.89 Å². The Hall–Kier alpha value is -1.63. The van der Waals surface area contributed by atoms with Crippen LogP contribution in [-0.2, 0) is 4.79 Å². The van der Waals surface area contributed by atoms with Gasteiger partial charge in [-0.05, 0) is 32.7 Å². The fraction of sp³-hybridized carbons (Fsp3) is 0.786.